The van der Waals surface area contributed by atoms with E-state index in [1.54, 1.807) is 6.33 Å². The topological polar surface area (TPSA) is 27.0 Å². The SMILES string of the molecule is CC.CC.[Y].c1ccc2[n-]cnc2c1. The van der Waals surface area contributed by atoms with Crippen molar-refractivity contribution in [3.63, 3.8) is 0 Å². The minimum atomic E-state index is 0. The van der Waals surface area contributed by atoms with Crippen LogP contribution in [0.5, 0.6) is 0 Å². The zero-order valence-corrected chi connectivity index (χ0v) is 12.2. The average molecular weight is 266 g/mol. The molecule has 0 unspecified atom stereocenters. The maximum atomic E-state index is 4.01. The number of rotatable bonds is 0. The molecule has 0 saturated heterocycles. The quantitative estimate of drug-likeness (QED) is 0.732. The summed E-state index contributed by atoms with van der Waals surface area (Å²) >= 11 is 0. The van der Waals surface area contributed by atoms with Gasteiger partial charge in [0.2, 0.25) is 0 Å². The summed E-state index contributed by atoms with van der Waals surface area (Å²) in [6, 6.07) is 7.80. The van der Waals surface area contributed by atoms with Gasteiger partial charge in [-0.2, -0.15) is 0 Å². The van der Waals surface area contributed by atoms with E-state index in [9.17, 15) is 0 Å². The molecule has 2 aromatic rings. The molecular weight excluding hydrogens is 249 g/mol. The summed E-state index contributed by atoms with van der Waals surface area (Å²) in [4.78, 5) is 8.02. The number of nitrogens with zero attached hydrogens (tertiary/aromatic N) is 2. The van der Waals surface area contributed by atoms with Gasteiger partial charge in [-0.25, -0.2) is 0 Å². The predicted molar refractivity (Wildman–Crippen MR) is 57.8 cm³/mol. The summed E-state index contributed by atoms with van der Waals surface area (Å²) in [6.45, 7) is 8.00. The van der Waals surface area contributed by atoms with Crippen LogP contribution in [0.25, 0.3) is 11.0 Å². The van der Waals surface area contributed by atoms with Crippen molar-refractivity contribution in [3.8, 4) is 0 Å². The molecule has 1 aromatic carbocycles. The van der Waals surface area contributed by atoms with Crippen LogP contribution < -0.4 is 4.98 Å². The molecule has 1 radical (unpaired) electrons. The first-order valence-corrected chi connectivity index (χ1v) is 4.79. The summed E-state index contributed by atoms with van der Waals surface area (Å²) in [7, 11) is 0. The Labute approximate surface area is 111 Å². The van der Waals surface area contributed by atoms with Gasteiger partial charge in [-0.1, -0.05) is 58.3 Å². The van der Waals surface area contributed by atoms with E-state index < -0.39 is 0 Å². The Kier molecular flexibility index (Phi) is 12.6. The number of aromatic nitrogens is 2. The second-order valence-electron chi connectivity index (χ2n) is 1.86. The number of imidazole rings is 1. The maximum Gasteiger partial charge on any atom is 0 e. The third kappa shape index (κ3) is 4.87. The van der Waals surface area contributed by atoms with Crippen molar-refractivity contribution in [2.45, 2.75) is 27.7 Å². The van der Waals surface area contributed by atoms with Gasteiger partial charge in [-0.3, -0.25) is 0 Å². The van der Waals surface area contributed by atoms with E-state index >= 15 is 0 Å². The number of benzene rings is 1. The Bertz CT molecular complexity index is 287. The first-order chi connectivity index (χ1) is 6.47. The monoisotopic (exact) mass is 266 g/mol. The molecule has 0 saturated carbocycles. The molecule has 2 rings (SSSR count). The van der Waals surface area contributed by atoms with Crippen molar-refractivity contribution in [2.24, 2.45) is 0 Å². The van der Waals surface area contributed by atoms with Crippen molar-refractivity contribution in [1.82, 2.24) is 9.97 Å². The Morgan fingerprint density at radius 1 is 1.00 bits per heavy atom. The Morgan fingerprint density at radius 2 is 1.57 bits per heavy atom. The summed E-state index contributed by atoms with van der Waals surface area (Å²) in [6.07, 6.45) is 1.57. The second-order valence-corrected chi connectivity index (χ2v) is 1.86. The molecule has 0 atom stereocenters. The number of fused-ring (bicyclic) bond motifs is 1. The molecule has 0 amide bonds. The van der Waals surface area contributed by atoms with Gasteiger partial charge in [0, 0.05) is 32.7 Å². The van der Waals surface area contributed by atoms with Crippen LogP contribution in [0.3, 0.4) is 0 Å². The number of para-hydroxylation sites is 2. The fraction of sp³-hybridized carbons (Fsp3) is 0.364. The van der Waals surface area contributed by atoms with Crippen molar-refractivity contribution < 1.29 is 32.7 Å². The van der Waals surface area contributed by atoms with E-state index in [0.29, 0.717) is 0 Å². The third-order valence-electron chi connectivity index (χ3n) is 1.28. The van der Waals surface area contributed by atoms with Crippen LogP contribution in [-0.2, 0) is 32.7 Å². The Balaban J connectivity index is 0. The largest absolute Gasteiger partial charge is 0.443 e. The van der Waals surface area contributed by atoms with E-state index in [-0.39, 0.29) is 32.7 Å². The van der Waals surface area contributed by atoms with Crippen molar-refractivity contribution >= 4 is 11.0 Å². The van der Waals surface area contributed by atoms with Crippen LogP contribution >= 0.6 is 0 Å². The fourth-order valence-electron chi connectivity index (χ4n) is 0.836. The maximum absolute atomic E-state index is 4.01. The van der Waals surface area contributed by atoms with Crippen molar-refractivity contribution in [3.05, 3.63) is 30.6 Å². The minimum absolute atomic E-state index is 0. The Hall–Kier alpha value is -0.206. The third-order valence-corrected chi connectivity index (χ3v) is 1.28. The van der Waals surface area contributed by atoms with Gasteiger partial charge < -0.3 is 9.97 Å². The van der Waals surface area contributed by atoms with Gasteiger partial charge in [0.15, 0.2) is 0 Å². The molecule has 0 aliphatic rings. The Morgan fingerprint density at radius 3 is 2.14 bits per heavy atom. The summed E-state index contributed by atoms with van der Waals surface area (Å²) in [5.41, 5.74) is 1.94. The minimum Gasteiger partial charge on any atom is -0.443 e. The van der Waals surface area contributed by atoms with Gasteiger partial charge in [0.05, 0.1) is 0 Å². The molecule has 0 N–H and O–H groups in total. The van der Waals surface area contributed by atoms with Gasteiger partial charge in [-0.05, 0) is 11.0 Å². The van der Waals surface area contributed by atoms with Gasteiger partial charge in [0.1, 0.15) is 0 Å². The average Bonchev–Trinajstić information content (AvgIpc) is 2.71. The molecule has 14 heavy (non-hydrogen) atoms. The molecule has 75 valence electrons. The summed E-state index contributed by atoms with van der Waals surface area (Å²) in [5, 5.41) is 0. The standard InChI is InChI=1S/C7H5N2.2C2H6.Y/c1-2-4-7-6(3-1)8-5-9-7;2*1-2;/h1-5H;2*1-2H3;/q-1;;;. The predicted octanol–water partition coefficient (Wildman–Crippen LogP) is 3.24. The molecular formula is C11H17N2Y-. The molecule has 0 fully saturated rings. The van der Waals surface area contributed by atoms with E-state index in [2.05, 4.69) is 9.97 Å². The zero-order chi connectivity index (χ0) is 10.1. The van der Waals surface area contributed by atoms with Crippen LogP contribution in [-0.4, -0.2) is 4.98 Å². The summed E-state index contributed by atoms with van der Waals surface area (Å²) in [5.74, 6) is 0. The van der Waals surface area contributed by atoms with Crippen LogP contribution in [0, 0.1) is 0 Å². The molecule has 3 heteroatoms. The molecule has 1 heterocycles. The zero-order valence-electron chi connectivity index (χ0n) is 9.36. The van der Waals surface area contributed by atoms with Gasteiger partial charge >= 0.3 is 0 Å². The van der Waals surface area contributed by atoms with Crippen LogP contribution in [0.2, 0.25) is 0 Å². The molecule has 0 bridgehead atoms. The number of hydrogen-bond donors (Lipinski definition) is 0. The number of hydrogen-bond acceptors (Lipinski definition) is 1. The second kappa shape index (κ2) is 10.9. The molecule has 0 spiro atoms. The molecule has 0 aliphatic heterocycles. The van der Waals surface area contributed by atoms with E-state index in [1.165, 1.54) is 0 Å². The van der Waals surface area contributed by atoms with Crippen LogP contribution in [0.15, 0.2) is 30.6 Å². The fourth-order valence-corrected chi connectivity index (χ4v) is 0.836. The normalized spacial score (nSPS) is 7.43. The van der Waals surface area contributed by atoms with Crippen LogP contribution in [0.1, 0.15) is 27.7 Å². The molecule has 0 aliphatic carbocycles. The van der Waals surface area contributed by atoms with Crippen molar-refractivity contribution in [2.75, 3.05) is 0 Å². The van der Waals surface area contributed by atoms with Crippen LogP contribution in [0.4, 0.5) is 0 Å². The first-order valence-electron chi connectivity index (χ1n) is 4.79. The van der Waals surface area contributed by atoms with E-state index in [0.717, 1.165) is 11.0 Å². The smallest absolute Gasteiger partial charge is 0 e. The van der Waals surface area contributed by atoms with Gasteiger partial charge in [0.25, 0.3) is 0 Å². The van der Waals surface area contributed by atoms with Gasteiger partial charge in [-0.15, -0.1) is 0 Å². The summed E-state index contributed by atoms with van der Waals surface area (Å²) < 4.78 is 0. The molecule has 1 aromatic heterocycles. The first kappa shape index (κ1) is 16.2. The van der Waals surface area contributed by atoms with E-state index in [4.69, 9.17) is 0 Å². The van der Waals surface area contributed by atoms with Crippen molar-refractivity contribution in [1.29, 1.82) is 0 Å². The molecule has 2 nitrogen and oxygen atoms in total. The van der Waals surface area contributed by atoms with E-state index in [1.807, 2.05) is 52.0 Å².